The maximum Gasteiger partial charge on any atom is 0.271 e. The Labute approximate surface area is 140 Å². The number of fused-ring (bicyclic) bond motifs is 3. The Hall–Kier alpha value is -2.73. The average molecular weight is 367 g/mol. The van der Waals surface area contributed by atoms with E-state index in [-0.39, 0.29) is 5.91 Å². The largest absolute Gasteiger partial charge is 0.299 e. The number of nitrogens with zero attached hydrogens (tertiary/aromatic N) is 3. The van der Waals surface area contributed by atoms with Gasteiger partial charge in [-0.1, -0.05) is 18.2 Å². The predicted molar refractivity (Wildman–Crippen MR) is 90.8 cm³/mol. The lowest BCUT2D eigenvalue weighted by atomic mass is 10.1. The van der Waals surface area contributed by atoms with E-state index in [9.17, 15) is 4.79 Å². The molecule has 6 heteroatoms. The van der Waals surface area contributed by atoms with Gasteiger partial charge in [0.05, 0.1) is 5.69 Å². The van der Waals surface area contributed by atoms with Crippen LogP contribution >= 0.6 is 15.9 Å². The maximum atomic E-state index is 12.2. The van der Waals surface area contributed by atoms with Crippen molar-refractivity contribution < 1.29 is 4.79 Å². The molecule has 0 atom stereocenters. The van der Waals surface area contributed by atoms with Gasteiger partial charge in [-0.05, 0) is 46.3 Å². The standard InChI is InChI=1S/C17H11BrN4O/c18-12-9-13-15(14-7-4-8-22(14)16(13)19-10-12)20-21-17(23)11-5-2-1-3-6-11/h1-10H,(H,21,23)/b20-15-. The molecule has 2 aromatic heterocycles. The number of amides is 1. The Morgan fingerprint density at radius 1 is 1.17 bits per heavy atom. The first-order valence-electron chi connectivity index (χ1n) is 7.01. The summed E-state index contributed by atoms with van der Waals surface area (Å²) in [4.78, 5) is 16.6. The number of pyridine rings is 1. The summed E-state index contributed by atoms with van der Waals surface area (Å²) in [6.45, 7) is 0. The van der Waals surface area contributed by atoms with Crippen molar-refractivity contribution in [1.82, 2.24) is 15.0 Å². The highest BCUT2D eigenvalue weighted by molar-refractivity contribution is 9.10. The molecule has 112 valence electrons. The van der Waals surface area contributed by atoms with E-state index in [4.69, 9.17) is 0 Å². The smallest absolute Gasteiger partial charge is 0.271 e. The van der Waals surface area contributed by atoms with Gasteiger partial charge in [0.2, 0.25) is 0 Å². The van der Waals surface area contributed by atoms with Crippen LogP contribution in [0.3, 0.4) is 0 Å². The lowest BCUT2D eigenvalue weighted by molar-refractivity contribution is 0.0955. The average Bonchev–Trinajstić information content (AvgIpc) is 3.14. The van der Waals surface area contributed by atoms with Crippen molar-refractivity contribution in [3.8, 4) is 5.82 Å². The van der Waals surface area contributed by atoms with Crippen LogP contribution in [0.4, 0.5) is 0 Å². The minimum Gasteiger partial charge on any atom is -0.299 e. The molecule has 1 aliphatic heterocycles. The van der Waals surface area contributed by atoms with Crippen molar-refractivity contribution in [3.63, 3.8) is 0 Å². The number of benzene rings is 1. The number of rotatable bonds is 2. The fourth-order valence-electron chi connectivity index (χ4n) is 2.57. The van der Waals surface area contributed by atoms with Crippen LogP contribution in [0.25, 0.3) is 5.82 Å². The molecule has 1 N–H and O–H groups in total. The van der Waals surface area contributed by atoms with E-state index in [0.717, 1.165) is 21.5 Å². The summed E-state index contributed by atoms with van der Waals surface area (Å²) in [6.07, 6.45) is 3.67. The second kappa shape index (κ2) is 5.48. The Kier molecular flexibility index (Phi) is 3.31. The van der Waals surface area contributed by atoms with Crippen LogP contribution in [-0.4, -0.2) is 21.2 Å². The molecule has 0 aliphatic carbocycles. The van der Waals surface area contributed by atoms with Crippen molar-refractivity contribution in [2.24, 2.45) is 5.10 Å². The first kappa shape index (κ1) is 13.9. The predicted octanol–water partition coefficient (Wildman–Crippen LogP) is 3.13. The number of hydrogen-bond donors (Lipinski definition) is 1. The molecule has 0 unspecified atom stereocenters. The molecule has 1 aromatic carbocycles. The SMILES string of the molecule is O=C(N/N=C1/c2cc(Br)cnc2-n2cccc21)c1ccccc1. The number of aromatic nitrogens is 2. The number of nitrogens with one attached hydrogen (secondary N) is 1. The molecule has 4 rings (SSSR count). The monoisotopic (exact) mass is 366 g/mol. The van der Waals surface area contributed by atoms with Crippen LogP contribution in [0.15, 0.2) is 70.5 Å². The van der Waals surface area contributed by atoms with Crippen LogP contribution in [-0.2, 0) is 0 Å². The van der Waals surface area contributed by atoms with Crippen LogP contribution in [0.5, 0.6) is 0 Å². The molecule has 0 fully saturated rings. The lowest BCUT2D eigenvalue weighted by Gasteiger charge is -2.02. The van der Waals surface area contributed by atoms with Gasteiger partial charge in [0, 0.05) is 28.0 Å². The molecule has 0 spiro atoms. The molecule has 0 bridgehead atoms. The normalized spacial score (nSPS) is 13.7. The molecule has 0 saturated heterocycles. The van der Waals surface area contributed by atoms with Gasteiger partial charge in [0.1, 0.15) is 11.5 Å². The third kappa shape index (κ3) is 2.37. The summed E-state index contributed by atoms with van der Waals surface area (Å²) in [5.74, 6) is 0.563. The molecular formula is C17H11BrN4O. The molecule has 23 heavy (non-hydrogen) atoms. The maximum absolute atomic E-state index is 12.2. The van der Waals surface area contributed by atoms with Gasteiger partial charge in [-0.3, -0.25) is 9.36 Å². The van der Waals surface area contributed by atoms with Crippen molar-refractivity contribution in [2.75, 3.05) is 0 Å². The molecule has 1 amide bonds. The van der Waals surface area contributed by atoms with Crippen molar-refractivity contribution in [1.29, 1.82) is 0 Å². The van der Waals surface area contributed by atoms with Crippen LogP contribution in [0, 0.1) is 0 Å². The first-order valence-corrected chi connectivity index (χ1v) is 7.80. The van der Waals surface area contributed by atoms with Gasteiger partial charge < -0.3 is 0 Å². The summed E-state index contributed by atoms with van der Waals surface area (Å²) < 4.78 is 2.82. The van der Waals surface area contributed by atoms with Gasteiger partial charge in [0.25, 0.3) is 5.91 Å². The minimum atomic E-state index is -0.243. The molecule has 1 aliphatic rings. The number of halogens is 1. The van der Waals surface area contributed by atoms with E-state index in [1.807, 2.05) is 47.2 Å². The highest BCUT2D eigenvalue weighted by Gasteiger charge is 2.26. The number of carbonyl (C=O) groups is 1. The quantitative estimate of drug-likeness (QED) is 0.554. The summed E-state index contributed by atoms with van der Waals surface area (Å²) in [7, 11) is 0. The van der Waals surface area contributed by atoms with Crippen molar-refractivity contribution >= 4 is 27.5 Å². The zero-order valence-electron chi connectivity index (χ0n) is 11.9. The Morgan fingerprint density at radius 2 is 2.00 bits per heavy atom. The van der Waals surface area contributed by atoms with E-state index >= 15 is 0 Å². The van der Waals surface area contributed by atoms with E-state index in [0.29, 0.717) is 11.3 Å². The van der Waals surface area contributed by atoms with Crippen molar-refractivity contribution in [3.05, 3.63) is 82.2 Å². The van der Waals surface area contributed by atoms with Crippen LogP contribution in [0.2, 0.25) is 0 Å². The van der Waals surface area contributed by atoms with E-state index in [2.05, 4.69) is 31.4 Å². The van der Waals surface area contributed by atoms with Gasteiger partial charge >= 0.3 is 0 Å². The molecule has 5 nitrogen and oxygen atoms in total. The Bertz CT molecular complexity index is 931. The fourth-order valence-corrected chi connectivity index (χ4v) is 2.90. The minimum absolute atomic E-state index is 0.243. The summed E-state index contributed by atoms with van der Waals surface area (Å²) in [5, 5.41) is 4.33. The zero-order chi connectivity index (χ0) is 15.8. The van der Waals surface area contributed by atoms with Gasteiger partial charge in [-0.15, -0.1) is 0 Å². The van der Waals surface area contributed by atoms with Gasteiger partial charge in [0.15, 0.2) is 0 Å². The van der Waals surface area contributed by atoms with E-state index < -0.39 is 0 Å². The number of hydrogen-bond acceptors (Lipinski definition) is 3. The second-order valence-electron chi connectivity index (χ2n) is 5.06. The lowest BCUT2D eigenvalue weighted by Crippen LogP contribution is -2.19. The van der Waals surface area contributed by atoms with Crippen LogP contribution in [0.1, 0.15) is 21.6 Å². The number of carbonyl (C=O) groups excluding carboxylic acids is 1. The molecule has 3 heterocycles. The third-order valence-electron chi connectivity index (χ3n) is 3.61. The van der Waals surface area contributed by atoms with E-state index in [1.165, 1.54) is 0 Å². The topological polar surface area (TPSA) is 59.3 Å². The van der Waals surface area contributed by atoms with Gasteiger partial charge in [-0.25, -0.2) is 10.4 Å². The third-order valence-corrected chi connectivity index (χ3v) is 4.05. The van der Waals surface area contributed by atoms with Crippen molar-refractivity contribution in [2.45, 2.75) is 0 Å². The highest BCUT2D eigenvalue weighted by Crippen LogP contribution is 2.28. The molecule has 0 saturated carbocycles. The zero-order valence-corrected chi connectivity index (χ0v) is 13.5. The summed E-state index contributed by atoms with van der Waals surface area (Å²) >= 11 is 3.43. The van der Waals surface area contributed by atoms with Gasteiger partial charge in [-0.2, -0.15) is 5.10 Å². The molecular weight excluding hydrogens is 356 g/mol. The summed E-state index contributed by atoms with van der Waals surface area (Å²) in [6, 6.07) is 14.8. The fraction of sp³-hybridized carbons (Fsp3) is 0. The Morgan fingerprint density at radius 3 is 2.83 bits per heavy atom. The van der Waals surface area contributed by atoms with Crippen LogP contribution < -0.4 is 5.43 Å². The first-order chi connectivity index (χ1) is 11.2. The van der Waals surface area contributed by atoms with E-state index in [1.54, 1.807) is 18.3 Å². The Balaban J connectivity index is 1.72. The summed E-state index contributed by atoms with van der Waals surface area (Å²) in [5.41, 5.74) is 5.67. The number of hydrazone groups is 1. The molecule has 3 aromatic rings. The second-order valence-corrected chi connectivity index (χ2v) is 5.97. The molecule has 0 radical (unpaired) electrons. The highest BCUT2D eigenvalue weighted by atomic mass is 79.9.